The van der Waals surface area contributed by atoms with Crippen LogP contribution in [0.4, 0.5) is 13.2 Å². The summed E-state index contributed by atoms with van der Waals surface area (Å²) >= 11 is 0. The summed E-state index contributed by atoms with van der Waals surface area (Å²) in [4.78, 5) is 0. The van der Waals surface area contributed by atoms with Crippen LogP contribution >= 0.6 is 0 Å². The third-order valence-corrected chi connectivity index (χ3v) is 3.47. The van der Waals surface area contributed by atoms with Gasteiger partial charge in [-0.3, -0.25) is 0 Å². The van der Waals surface area contributed by atoms with Crippen LogP contribution in [0.15, 0.2) is 18.3 Å². The monoisotopic (exact) mass is 344 g/mol. The Morgan fingerprint density at radius 2 is 2.12 bits per heavy atom. The van der Waals surface area contributed by atoms with Crippen LogP contribution in [0.5, 0.6) is 17.5 Å². The molecule has 0 spiro atoms. The van der Waals surface area contributed by atoms with Crippen molar-refractivity contribution in [3.63, 3.8) is 0 Å². The molecule has 1 aliphatic rings. The topological polar surface area (TPSA) is 71.3 Å². The number of halogens is 3. The third kappa shape index (κ3) is 3.58. The third-order valence-electron chi connectivity index (χ3n) is 3.47. The Hall–Kier alpha value is -2.36. The molecule has 2 aromatic heterocycles. The van der Waals surface area contributed by atoms with Crippen molar-refractivity contribution in [3.05, 3.63) is 24.0 Å². The molecule has 3 heterocycles. The Balaban J connectivity index is 1.93. The highest BCUT2D eigenvalue weighted by Gasteiger charge is 2.37. The molecule has 1 aliphatic heterocycles. The molecule has 0 amide bonds. The van der Waals surface area contributed by atoms with Crippen LogP contribution in [0.1, 0.15) is 31.2 Å². The zero-order valence-electron chi connectivity index (χ0n) is 12.8. The zero-order chi connectivity index (χ0) is 17.2. The lowest BCUT2D eigenvalue weighted by Crippen LogP contribution is -2.20. The summed E-state index contributed by atoms with van der Waals surface area (Å²) in [6, 6.07) is 2.23. The van der Waals surface area contributed by atoms with Gasteiger partial charge in [0, 0.05) is 18.7 Å². The number of rotatable bonds is 4. The van der Waals surface area contributed by atoms with Gasteiger partial charge < -0.3 is 14.2 Å². The smallest absolute Gasteiger partial charge is 0.435 e. The molecule has 0 radical (unpaired) electrons. The van der Waals surface area contributed by atoms with E-state index in [0.29, 0.717) is 18.8 Å². The SMILES string of the molecule is COc1cnnc(Oc2cc(C(F)(F)F)nn2C2CCCCO2)c1. The number of nitrogens with zero attached hydrogens (tertiary/aromatic N) is 4. The molecule has 130 valence electrons. The molecule has 1 saturated heterocycles. The molecule has 0 bridgehead atoms. The summed E-state index contributed by atoms with van der Waals surface area (Å²) in [6.45, 7) is 0.463. The van der Waals surface area contributed by atoms with Crippen LogP contribution in [0.25, 0.3) is 0 Å². The van der Waals surface area contributed by atoms with Gasteiger partial charge in [0.2, 0.25) is 11.8 Å². The minimum Gasteiger partial charge on any atom is -0.495 e. The molecule has 1 atom stereocenters. The lowest BCUT2D eigenvalue weighted by Gasteiger charge is -2.24. The maximum Gasteiger partial charge on any atom is 0.435 e. The molecule has 0 aromatic carbocycles. The standard InChI is InChI=1S/C14H15F3N4O3/c1-22-9-6-11(19-18-8-9)24-13-7-10(14(15,16)17)20-21(13)12-4-2-3-5-23-12/h6-8,12H,2-5H2,1H3. The van der Waals surface area contributed by atoms with Gasteiger partial charge in [-0.15, -0.1) is 5.10 Å². The van der Waals surface area contributed by atoms with Gasteiger partial charge in [0.1, 0.15) is 5.75 Å². The summed E-state index contributed by atoms with van der Waals surface area (Å²) in [5, 5.41) is 11.0. The molecule has 0 saturated carbocycles. The highest BCUT2D eigenvalue weighted by Crippen LogP contribution is 2.35. The van der Waals surface area contributed by atoms with E-state index in [1.165, 1.54) is 19.4 Å². The van der Waals surface area contributed by atoms with Gasteiger partial charge in [-0.25, -0.2) is 4.68 Å². The van der Waals surface area contributed by atoms with E-state index in [-0.39, 0.29) is 11.8 Å². The first kappa shape index (κ1) is 16.5. The van der Waals surface area contributed by atoms with Crippen molar-refractivity contribution >= 4 is 0 Å². The second-order valence-corrected chi connectivity index (χ2v) is 5.17. The predicted octanol–water partition coefficient (Wildman–Crippen LogP) is 3.19. The second kappa shape index (κ2) is 6.63. The molecular weight excluding hydrogens is 329 g/mol. The molecule has 2 aromatic rings. The van der Waals surface area contributed by atoms with Gasteiger partial charge in [-0.05, 0) is 19.3 Å². The van der Waals surface area contributed by atoms with Crippen molar-refractivity contribution in [2.45, 2.75) is 31.7 Å². The first-order chi connectivity index (χ1) is 11.5. The summed E-state index contributed by atoms with van der Waals surface area (Å²) in [5.41, 5.74) is -1.05. The molecule has 1 unspecified atom stereocenters. The molecule has 24 heavy (non-hydrogen) atoms. The maximum atomic E-state index is 13.0. The van der Waals surface area contributed by atoms with E-state index in [2.05, 4.69) is 15.3 Å². The molecule has 7 nitrogen and oxygen atoms in total. The van der Waals surface area contributed by atoms with Gasteiger partial charge in [0.15, 0.2) is 11.9 Å². The van der Waals surface area contributed by atoms with Crippen molar-refractivity contribution in [1.29, 1.82) is 0 Å². The molecule has 0 N–H and O–H groups in total. The number of hydrogen-bond donors (Lipinski definition) is 0. The van der Waals surface area contributed by atoms with Gasteiger partial charge in [-0.1, -0.05) is 0 Å². The molecule has 1 fully saturated rings. The van der Waals surface area contributed by atoms with Crippen molar-refractivity contribution < 1.29 is 27.4 Å². The minimum atomic E-state index is -4.59. The van der Waals surface area contributed by atoms with Crippen LogP contribution in [-0.2, 0) is 10.9 Å². The number of alkyl halides is 3. The van der Waals surface area contributed by atoms with Crippen molar-refractivity contribution in [3.8, 4) is 17.5 Å². The van der Waals surface area contributed by atoms with Crippen molar-refractivity contribution in [2.75, 3.05) is 13.7 Å². The number of ether oxygens (including phenoxy) is 3. The molecule has 10 heteroatoms. The Labute approximate surface area is 135 Å². The Kier molecular flexibility index (Phi) is 4.56. The van der Waals surface area contributed by atoms with Gasteiger partial charge in [0.25, 0.3) is 0 Å². The molecule has 0 aliphatic carbocycles. The highest BCUT2D eigenvalue weighted by molar-refractivity contribution is 5.28. The van der Waals surface area contributed by atoms with E-state index in [0.717, 1.165) is 23.6 Å². The Bertz CT molecular complexity index is 699. The fourth-order valence-electron chi connectivity index (χ4n) is 2.31. The van der Waals surface area contributed by atoms with E-state index in [9.17, 15) is 13.2 Å². The minimum absolute atomic E-state index is 0.0000314. The van der Waals surface area contributed by atoms with Crippen molar-refractivity contribution in [1.82, 2.24) is 20.0 Å². The quantitative estimate of drug-likeness (QED) is 0.848. The average molecular weight is 344 g/mol. The zero-order valence-corrected chi connectivity index (χ0v) is 12.8. The average Bonchev–Trinajstić information content (AvgIpc) is 3.00. The van der Waals surface area contributed by atoms with Gasteiger partial charge in [0.05, 0.1) is 13.3 Å². The largest absolute Gasteiger partial charge is 0.495 e. The van der Waals surface area contributed by atoms with Crippen molar-refractivity contribution in [2.24, 2.45) is 0 Å². The van der Waals surface area contributed by atoms with E-state index >= 15 is 0 Å². The predicted molar refractivity (Wildman–Crippen MR) is 74.7 cm³/mol. The number of aromatic nitrogens is 4. The molecule has 3 rings (SSSR count). The fourth-order valence-corrected chi connectivity index (χ4v) is 2.31. The fraction of sp³-hybridized carbons (Fsp3) is 0.500. The summed E-state index contributed by atoms with van der Waals surface area (Å²) < 4.78 is 56.0. The van der Waals surface area contributed by atoms with E-state index in [1.807, 2.05) is 0 Å². The van der Waals surface area contributed by atoms with Crippen LogP contribution < -0.4 is 9.47 Å². The van der Waals surface area contributed by atoms with Crippen LogP contribution in [-0.4, -0.2) is 33.7 Å². The van der Waals surface area contributed by atoms with E-state index in [1.54, 1.807) is 0 Å². The summed E-state index contributed by atoms with van der Waals surface area (Å²) in [6.07, 6.45) is -1.58. The Morgan fingerprint density at radius 3 is 2.79 bits per heavy atom. The highest BCUT2D eigenvalue weighted by atomic mass is 19.4. The Morgan fingerprint density at radius 1 is 1.29 bits per heavy atom. The maximum absolute atomic E-state index is 13.0. The number of methoxy groups -OCH3 is 1. The van der Waals surface area contributed by atoms with E-state index in [4.69, 9.17) is 14.2 Å². The number of hydrogen-bond acceptors (Lipinski definition) is 6. The second-order valence-electron chi connectivity index (χ2n) is 5.17. The van der Waals surface area contributed by atoms with Gasteiger partial charge in [-0.2, -0.15) is 23.4 Å². The summed E-state index contributed by atoms with van der Waals surface area (Å²) in [5.74, 6) is 0.257. The van der Waals surface area contributed by atoms with Crippen LogP contribution in [0.2, 0.25) is 0 Å². The first-order valence-electron chi connectivity index (χ1n) is 7.30. The van der Waals surface area contributed by atoms with Crippen LogP contribution in [0, 0.1) is 0 Å². The molecular formula is C14H15F3N4O3. The lowest BCUT2D eigenvalue weighted by molar-refractivity contribution is -0.142. The lowest BCUT2D eigenvalue weighted by atomic mass is 10.2. The summed E-state index contributed by atoms with van der Waals surface area (Å²) in [7, 11) is 1.43. The normalized spacial score (nSPS) is 18.4. The van der Waals surface area contributed by atoms with E-state index < -0.39 is 18.1 Å². The van der Waals surface area contributed by atoms with Crippen LogP contribution in [0.3, 0.4) is 0 Å². The van der Waals surface area contributed by atoms with Gasteiger partial charge >= 0.3 is 6.18 Å². The first-order valence-corrected chi connectivity index (χ1v) is 7.30.